The van der Waals surface area contributed by atoms with Gasteiger partial charge in [0.1, 0.15) is 5.82 Å². The summed E-state index contributed by atoms with van der Waals surface area (Å²) in [5.74, 6) is 0.392. The summed E-state index contributed by atoms with van der Waals surface area (Å²) in [7, 11) is 0. The van der Waals surface area contributed by atoms with Gasteiger partial charge in [-0.3, -0.25) is 19.6 Å². The molecule has 4 aromatic rings. The SMILES string of the molecule is O=C(Nc1cc(=O)[nH]c2nc(-c3ccc(Cl)cc3)nn12)c1cccnc1. The van der Waals surface area contributed by atoms with Crippen LogP contribution in [0.5, 0.6) is 0 Å². The smallest absolute Gasteiger partial charge is 0.258 e. The van der Waals surface area contributed by atoms with Crippen molar-refractivity contribution in [2.45, 2.75) is 0 Å². The largest absolute Gasteiger partial charge is 0.306 e. The molecular formula is C17H11ClN6O2. The van der Waals surface area contributed by atoms with E-state index < -0.39 is 11.5 Å². The zero-order valence-electron chi connectivity index (χ0n) is 13.2. The number of amides is 1. The molecule has 0 atom stereocenters. The first-order valence-electron chi connectivity index (χ1n) is 7.57. The van der Waals surface area contributed by atoms with E-state index in [0.29, 0.717) is 16.4 Å². The third kappa shape index (κ3) is 3.05. The highest BCUT2D eigenvalue weighted by atomic mass is 35.5. The van der Waals surface area contributed by atoms with E-state index in [1.807, 2.05) is 0 Å². The van der Waals surface area contributed by atoms with Crippen LogP contribution >= 0.6 is 11.6 Å². The number of hydrogen-bond acceptors (Lipinski definition) is 5. The predicted molar refractivity (Wildman–Crippen MR) is 96.2 cm³/mol. The number of carbonyl (C=O) groups excluding carboxylic acids is 1. The Morgan fingerprint density at radius 2 is 2.00 bits per heavy atom. The number of pyridine rings is 1. The summed E-state index contributed by atoms with van der Waals surface area (Å²) >= 11 is 5.89. The van der Waals surface area contributed by atoms with Gasteiger partial charge < -0.3 is 5.32 Å². The number of nitrogens with zero attached hydrogens (tertiary/aromatic N) is 4. The zero-order valence-corrected chi connectivity index (χ0v) is 13.9. The van der Waals surface area contributed by atoms with Gasteiger partial charge >= 0.3 is 0 Å². The lowest BCUT2D eigenvalue weighted by molar-refractivity contribution is 0.102. The van der Waals surface area contributed by atoms with E-state index in [0.717, 1.165) is 5.56 Å². The number of carbonyl (C=O) groups is 1. The molecule has 0 saturated heterocycles. The lowest BCUT2D eigenvalue weighted by Crippen LogP contribution is -2.18. The van der Waals surface area contributed by atoms with Crippen LogP contribution in [0.15, 0.2) is 59.7 Å². The fourth-order valence-corrected chi connectivity index (χ4v) is 2.51. The maximum absolute atomic E-state index is 12.3. The molecule has 0 spiro atoms. The minimum absolute atomic E-state index is 0.199. The molecule has 0 radical (unpaired) electrons. The number of benzene rings is 1. The maximum atomic E-state index is 12.3. The summed E-state index contributed by atoms with van der Waals surface area (Å²) in [5, 5.41) is 7.61. The van der Waals surface area contributed by atoms with Crippen LogP contribution in [0.3, 0.4) is 0 Å². The van der Waals surface area contributed by atoms with Crippen LogP contribution in [0.1, 0.15) is 10.4 Å². The standard InChI is InChI=1S/C17H11ClN6O2/c18-12-5-3-10(4-6-12)15-22-17-21-14(25)8-13(24(17)23-15)20-16(26)11-2-1-7-19-9-11/h1-9H,(H,20,26)(H,21,22,23,25). The molecule has 9 heteroatoms. The first kappa shape index (κ1) is 16.0. The van der Waals surface area contributed by atoms with Gasteiger partial charge in [-0.05, 0) is 36.4 Å². The number of nitrogens with one attached hydrogen (secondary N) is 2. The van der Waals surface area contributed by atoms with Crippen molar-refractivity contribution in [3.63, 3.8) is 0 Å². The zero-order chi connectivity index (χ0) is 18.1. The Hall–Kier alpha value is -3.52. The number of aromatic nitrogens is 5. The van der Waals surface area contributed by atoms with Crippen LogP contribution in [0.4, 0.5) is 5.82 Å². The molecule has 0 aliphatic heterocycles. The first-order chi connectivity index (χ1) is 12.6. The van der Waals surface area contributed by atoms with Crippen molar-refractivity contribution in [2.75, 3.05) is 5.32 Å². The molecule has 2 N–H and O–H groups in total. The Labute approximate surface area is 151 Å². The maximum Gasteiger partial charge on any atom is 0.258 e. The highest BCUT2D eigenvalue weighted by Gasteiger charge is 2.14. The summed E-state index contributed by atoms with van der Waals surface area (Å²) in [6, 6.07) is 11.5. The molecule has 0 aliphatic rings. The minimum atomic E-state index is -0.409. The number of hydrogen-bond donors (Lipinski definition) is 2. The predicted octanol–water partition coefficient (Wildman–Crippen LogP) is 2.39. The van der Waals surface area contributed by atoms with Crippen LogP contribution in [0.2, 0.25) is 5.02 Å². The number of anilines is 1. The van der Waals surface area contributed by atoms with Crippen molar-refractivity contribution in [1.29, 1.82) is 0 Å². The monoisotopic (exact) mass is 366 g/mol. The summed E-state index contributed by atoms with van der Waals surface area (Å²) < 4.78 is 1.36. The molecular weight excluding hydrogens is 356 g/mol. The number of H-pyrrole nitrogens is 1. The lowest BCUT2D eigenvalue weighted by atomic mass is 10.2. The molecule has 1 amide bonds. The van der Waals surface area contributed by atoms with E-state index in [9.17, 15) is 9.59 Å². The molecule has 0 fully saturated rings. The molecule has 0 unspecified atom stereocenters. The van der Waals surface area contributed by atoms with Gasteiger partial charge in [-0.1, -0.05) is 11.6 Å². The quantitative estimate of drug-likeness (QED) is 0.579. The Morgan fingerprint density at radius 1 is 1.19 bits per heavy atom. The van der Waals surface area contributed by atoms with Crippen LogP contribution < -0.4 is 10.9 Å². The lowest BCUT2D eigenvalue weighted by Gasteiger charge is -2.05. The molecule has 0 aliphatic carbocycles. The highest BCUT2D eigenvalue weighted by Crippen LogP contribution is 2.19. The third-order valence-corrected chi connectivity index (χ3v) is 3.86. The normalized spacial score (nSPS) is 10.8. The van der Waals surface area contributed by atoms with Gasteiger partial charge in [0.05, 0.1) is 5.56 Å². The van der Waals surface area contributed by atoms with E-state index in [-0.39, 0.29) is 11.6 Å². The van der Waals surface area contributed by atoms with Crippen LogP contribution in [0, 0.1) is 0 Å². The topological polar surface area (TPSA) is 105 Å². The minimum Gasteiger partial charge on any atom is -0.306 e. The fraction of sp³-hybridized carbons (Fsp3) is 0. The molecule has 0 saturated carbocycles. The van der Waals surface area contributed by atoms with Gasteiger partial charge in [0.2, 0.25) is 5.78 Å². The molecule has 3 heterocycles. The molecule has 8 nitrogen and oxygen atoms in total. The van der Waals surface area contributed by atoms with Crippen molar-refractivity contribution in [3.05, 3.63) is 75.8 Å². The van der Waals surface area contributed by atoms with Gasteiger partial charge in [0.25, 0.3) is 11.5 Å². The molecule has 26 heavy (non-hydrogen) atoms. The first-order valence-corrected chi connectivity index (χ1v) is 7.95. The average Bonchev–Trinajstić information content (AvgIpc) is 3.07. The van der Waals surface area contributed by atoms with Crippen LogP contribution in [-0.4, -0.2) is 30.5 Å². The summed E-state index contributed by atoms with van der Waals surface area (Å²) in [6.45, 7) is 0. The van der Waals surface area contributed by atoms with Gasteiger partial charge in [-0.2, -0.15) is 9.50 Å². The number of fused-ring (bicyclic) bond motifs is 1. The number of aromatic amines is 1. The van der Waals surface area contributed by atoms with Crippen molar-refractivity contribution in [3.8, 4) is 11.4 Å². The van der Waals surface area contributed by atoms with Crippen LogP contribution in [-0.2, 0) is 0 Å². The number of rotatable bonds is 3. The van der Waals surface area contributed by atoms with Gasteiger partial charge in [-0.15, -0.1) is 5.10 Å². The average molecular weight is 367 g/mol. The second-order valence-electron chi connectivity index (χ2n) is 5.39. The van der Waals surface area contributed by atoms with E-state index in [1.165, 1.54) is 16.8 Å². The molecule has 1 aromatic carbocycles. The second-order valence-corrected chi connectivity index (χ2v) is 5.83. The van der Waals surface area contributed by atoms with E-state index in [1.54, 1.807) is 42.6 Å². The second kappa shape index (κ2) is 6.41. The molecule has 128 valence electrons. The van der Waals surface area contributed by atoms with Crippen molar-refractivity contribution in [1.82, 2.24) is 24.6 Å². The Balaban J connectivity index is 1.76. The van der Waals surface area contributed by atoms with Crippen molar-refractivity contribution < 1.29 is 4.79 Å². The Kier molecular flexibility index (Phi) is 3.94. The Bertz CT molecular complexity index is 1150. The fourth-order valence-electron chi connectivity index (χ4n) is 2.39. The third-order valence-electron chi connectivity index (χ3n) is 3.61. The molecule has 0 bridgehead atoms. The van der Waals surface area contributed by atoms with Gasteiger partial charge in [0, 0.05) is 29.0 Å². The Morgan fingerprint density at radius 3 is 2.73 bits per heavy atom. The molecule has 4 rings (SSSR count). The van der Waals surface area contributed by atoms with Crippen molar-refractivity contribution in [2.24, 2.45) is 0 Å². The highest BCUT2D eigenvalue weighted by molar-refractivity contribution is 6.30. The summed E-state index contributed by atoms with van der Waals surface area (Å²) in [5.41, 5.74) is 0.677. The molecule has 3 aromatic heterocycles. The van der Waals surface area contributed by atoms with Crippen LogP contribution in [0.25, 0.3) is 17.2 Å². The summed E-state index contributed by atoms with van der Waals surface area (Å²) in [6.07, 6.45) is 3.00. The van der Waals surface area contributed by atoms with E-state index in [2.05, 4.69) is 25.4 Å². The van der Waals surface area contributed by atoms with E-state index >= 15 is 0 Å². The number of halogens is 1. The van der Waals surface area contributed by atoms with Gasteiger partial charge in [0.15, 0.2) is 5.82 Å². The van der Waals surface area contributed by atoms with E-state index in [4.69, 9.17) is 11.6 Å². The van der Waals surface area contributed by atoms with Crippen molar-refractivity contribution >= 4 is 29.1 Å². The van der Waals surface area contributed by atoms with Gasteiger partial charge in [-0.25, -0.2) is 0 Å². The summed E-state index contributed by atoms with van der Waals surface area (Å²) in [4.78, 5) is 35.0.